The highest BCUT2D eigenvalue weighted by Crippen LogP contribution is 2.44. The van der Waals surface area contributed by atoms with Crippen molar-refractivity contribution in [2.24, 2.45) is 5.92 Å². The number of carboxylic acids is 1. The summed E-state index contributed by atoms with van der Waals surface area (Å²) in [5.74, 6) is -1.30. The summed E-state index contributed by atoms with van der Waals surface area (Å²) in [7, 11) is 0. The number of fused-ring (bicyclic) bond motifs is 3. The van der Waals surface area contributed by atoms with Crippen molar-refractivity contribution in [2.45, 2.75) is 69.9 Å². The van der Waals surface area contributed by atoms with E-state index in [4.69, 9.17) is 4.74 Å². The highest BCUT2D eigenvalue weighted by atomic mass is 16.5. The van der Waals surface area contributed by atoms with Gasteiger partial charge in [0.15, 0.2) is 0 Å². The van der Waals surface area contributed by atoms with Gasteiger partial charge in [0.1, 0.15) is 12.6 Å². The Labute approximate surface area is 206 Å². The smallest absolute Gasteiger partial charge is 0.407 e. The Hall–Kier alpha value is -3.35. The molecule has 0 bridgehead atoms. The number of ether oxygens (including phenoxy) is 1. The lowest BCUT2D eigenvalue weighted by Gasteiger charge is -2.34. The van der Waals surface area contributed by atoms with Crippen LogP contribution in [0.15, 0.2) is 48.5 Å². The third-order valence-corrected chi connectivity index (χ3v) is 7.19. The molecule has 3 N–H and O–H groups in total. The first kappa shape index (κ1) is 24.8. The number of hydrogen-bond donors (Lipinski definition) is 3. The third kappa shape index (κ3) is 5.84. The fourth-order valence-corrected chi connectivity index (χ4v) is 5.12. The van der Waals surface area contributed by atoms with Crippen molar-refractivity contribution in [3.05, 3.63) is 59.7 Å². The molecule has 0 aromatic heterocycles. The molecule has 2 aliphatic carbocycles. The number of aliphatic carboxylic acids is 1. The molecule has 0 saturated heterocycles. The van der Waals surface area contributed by atoms with E-state index in [-0.39, 0.29) is 30.8 Å². The molecule has 0 spiro atoms. The molecule has 7 heteroatoms. The van der Waals surface area contributed by atoms with Gasteiger partial charge in [-0.05, 0) is 47.4 Å². The van der Waals surface area contributed by atoms with E-state index in [9.17, 15) is 19.5 Å². The minimum absolute atomic E-state index is 0.0344. The maximum Gasteiger partial charge on any atom is 0.407 e. The zero-order valence-corrected chi connectivity index (χ0v) is 20.2. The van der Waals surface area contributed by atoms with Crippen LogP contribution in [0.5, 0.6) is 0 Å². The number of hydrogen-bond acceptors (Lipinski definition) is 4. The lowest BCUT2D eigenvalue weighted by atomic mass is 9.79. The third-order valence-electron chi connectivity index (χ3n) is 7.19. The van der Waals surface area contributed by atoms with E-state index in [1.807, 2.05) is 31.2 Å². The van der Waals surface area contributed by atoms with Gasteiger partial charge in [0.05, 0.1) is 6.42 Å². The Bertz CT molecular complexity index is 1020. The van der Waals surface area contributed by atoms with Crippen molar-refractivity contribution < 1.29 is 24.2 Å². The molecule has 4 rings (SSSR count). The van der Waals surface area contributed by atoms with Crippen LogP contribution in [0, 0.1) is 5.92 Å². The van der Waals surface area contributed by atoms with Crippen molar-refractivity contribution in [1.82, 2.24) is 10.6 Å². The Morgan fingerprint density at radius 3 is 2.17 bits per heavy atom. The average molecular weight is 479 g/mol. The predicted molar refractivity (Wildman–Crippen MR) is 133 cm³/mol. The van der Waals surface area contributed by atoms with E-state index in [1.54, 1.807) is 0 Å². The van der Waals surface area contributed by atoms with Gasteiger partial charge >= 0.3 is 12.1 Å². The summed E-state index contributed by atoms with van der Waals surface area (Å²) in [4.78, 5) is 37.1. The summed E-state index contributed by atoms with van der Waals surface area (Å²) in [5, 5.41) is 14.9. The van der Waals surface area contributed by atoms with E-state index in [0.717, 1.165) is 54.4 Å². The monoisotopic (exact) mass is 478 g/mol. The normalized spacial score (nSPS) is 16.4. The van der Waals surface area contributed by atoms with Crippen molar-refractivity contribution in [2.75, 3.05) is 6.61 Å². The van der Waals surface area contributed by atoms with Gasteiger partial charge in [0.2, 0.25) is 5.91 Å². The fourth-order valence-electron chi connectivity index (χ4n) is 5.12. The molecule has 2 aliphatic rings. The van der Waals surface area contributed by atoms with Gasteiger partial charge in [-0.2, -0.15) is 0 Å². The number of alkyl carbamates (subject to hydrolysis) is 1. The van der Waals surface area contributed by atoms with Crippen LogP contribution in [0.3, 0.4) is 0 Å². The van der Waals surface area contributed by atoms with Crippen molar-refractivity contribution in [3.8, 4) is 11.1 Å². The average Bonchev–Trinajstić information content (AvgIpc) is 3.13. The van der Waals surface area contributed by atoms with Crippen LogP contribution in [0.2, 0.25) is 0 Å². The fraction of sp³-hybridized carbons (Fsp3) is 0.464. The predicted octanol–water partition coefficient (Wildman–Crippen LogP) is 4.84. The van der Waals surface area contributed by atoms with E-state index >= 15 is 0 Å². The van der Waals surface area contributed by atoms with Crippen LogP contribution in [0.4, 0.5) is 4.79 Å². The molecule has 0 aliphatic heterocycles. The second kappa shape index (κ2) is 11.4. The minimum atomic E-state index is -0.948. The van der Waals surface area contributed by atoms with E-state index in [0.29, 0.717) is 6.42 Å². The zero-order chi connectivity index (χ0) is 24.8. The van der Waals surface area contributed by atoms with Crippen LogP contribution in [0.25, 0.3) is 11.1 Å². The Kier molecular flexibility index (Phi) is 8.06. The Morgan fingerprint density at radius 2 is 1.63 bits per heavy atom. The SMILES string of the molecule is CCCCC(CC(=O)O)NC(=O)C(NC(=O)OCC1c2ccccc2-c2ccccc21)C1CCC1. The van der Waals surface area contributed by atoms with E-state index < -0.39 is 24.1 Å². The molecule has 2 atom stereocenters. The lowest BCUT2D eigenvalue weighted by Crippen LogP contribution is -2.54. The number of unbranched alkanes of at least 4 members (excludes halogenated alkanes) is 1. The molecular weight excluding hydrogens is 444 g/mol. The molecule has 1 saturated carbocycles. The zero-order valence-electron chi connectivity index (χ0n) is 20.2. The van der Waals surface area contributed by atoms with Gasteiger partial charge in [-0.3, -0.25) is 9.59 Å². The van der Waals surface area contributed by atoms with Gasteiger partial charge in [-0.25, -0.2) is 4.79 Å². The van der Waals surface area contributed by atoms with Gasteiger partial charge in [-0.1, -0.05) is 74.7 Å². The minimum Gasteiger partial charge on any atom is -0.481 e. The first-order chi connectivity index (χ1) is 17.0. The standard InChI is InChI=1S/C28H34N2O5/c1-2-3-11-19(16-25(31)32)29-27(33)26(18-9-8-10-18)30-28(34)35-17-24-22-14-6-4-12-20(22)21-13-5-7-15-23(21)24/h4-7,12-15,18-19,24,26H,2-3,8-11,16-17H2,1H3,(H,29,33)(H,30,34)(H,31,32). The van der Waals surface area contributed by atoms with Crippen LogP contribution in [-0.4, -0.2) is 41.8 Å². The first-order valence-electron chi connectivity index (χ1n) is 12.6. The largest absolute Gasteiger partial charge is 0.481 e. The number of carbonyl (C=O) groups is 3. The van der Waals surface area contributed by atoms with Crippen molar-refractivity contribution in [1.29, 1.82) is 0 Å². The highest BCUT2D eigenvalue weighted by Gasteiger charge is 2.36. The summed E-state index contributed by atoms with van der Waals surface area (Å²) in [5.41, 5.74) is 4.56. The first-order valence-corrected chi connectivity index (χ1v) is 12.6. The van der Waals surface area contributed by atoms with Crippen molar-refractivity contribution in [3.63, 3.8) is 0 Å². The number of benzene rings is 2. The second-order valence-corrected chi connectivity index (χ2v) is 9.58. The van der Waals surface area contributed by atoms with Gasteiger partial charge in [0, 0.05) is 12.0 Å². The summed E-state index contributed by atoms with van der Waals surface area (Å²) in [6.07, 6.45) is 4.28. The molecule has 2 aromatic carbocycles. The number of amides is 2. The molecular formula is C28H34N2O5. The maximum atomic E-state index is 13.1. The van der Waals surface area contributed by atoms with Crippen LogP contribution >= 0.6 is 0 Å². The summed E-state index contributed by atoms with van der Waals surface area (Å²) >= 11 is 0. The molecule has 7 nitrogen and oxygen atoms in total. The molecule has 35 heavy (non-hydrogen) atoms. The van der Waals surface area contributed by atoms with Gasteiger partial charge in [0.25, 0.3) is 0 Å². The highest BCUT2D eigenvalue weighted by molar-refractivity contribution is 5.87. The number of carbonyl (C=O) groups excluding carboxylic acids is 2. The van der Waals surface area contributed by atoms with Crippen LogP contribution in [-0.2, 0) is 14.3 Å². The summed E-state index contributed by atoms with van der Waals surface area (Å²) in [6.45, 7) is 2.20. The molecule has 0 heterocycles. The number of carboxylic acid groups (broad SMARTS) is 1. The molecule has 2 amide bonds. The summed E-state index contributed by atoms with van der Waals surface area (Å²) < 4.78 is 5.65. The summed E-state index contributed by atoms with van der Waals surface area (Å²) in [6, 6.07) is 15.1. The molecule has 1 fully saturated rings. The van der Waals surface area contributed by atoms with Gasteiger partial charge in [-0.15, -0.1) is 0 Å². The molecule has 0 radical (unpaired) electrons. The quantitative estimate of drug-likeness (QED) is 0.429. The van der Waals surface area contributed by atoms with E-state index in [2.05, 4.69) is 34.9 Å². The molecule has 186 valence electrons. The Morgan fingerprint density at radius 1 is 1.00 bits per heavy atom. The van der Waals surface area contributed by atoms with Gasteiger partial charge < -0.3 is 20.5 Å². The number of nitrogens with one attached hydrogen (secondary N) is 2. The maximum absolute atomic E-state index is 13.1. The Balaban J connectivity index is 1.39. The number of rotatable bonds is 11. The van der Waals surface area contributed by atoms with E-state index in [1.165, 1.54) is 0 Å². The molecule has 2 aromatic rings. The molecule has 2 unspecified atom stereocenters. The van der Waals surface area contributed by atoms with Crippen LogP contribution < -0.4 is 10.6 Å². The van der Waals surface area contributed by atoms with Crippen molar-refractivity contribution >= 4 is 18.0 Å². The topological polar surface area (TPSA) is 105 Å². The van der Waals surface area contributed by atoms with Crippen LogP contribution in [0.1, 0.15) is 68.9 Å². The second-order valence-electron chi connectivity index (χ2n) is 9.58. The lowest BCUT2D eigenvalue weighted by molar-refractivity contribution is -0.138.